The zero-order chi connectivity index (χ0) is 13.4. The molecule has 0 aliphatic heterocycles. The van der Waals surface area contributed by atoms with Crippen molar-refractivity contribution < 1.29 is 9.90 Å². The molecule has 0 amide bonds. The first-order chi connectivity index (χ1) is 9.13. The minimum atomic E-state index is -0.966. The van der Waals surface area contributed by atoms with Gasteiger partial charge in [0.05, 0.1) is 5.56 Å². The Morgan fingerprint density at radius 2 is 1.89 bits per heavy atom. The van der Waals surface area contributed by atoms with Crippen molar-refractivity contribution >= 4 is 17.0 Å². The third-order valence-electron chi connectivity index (χ3n) is 2.93. The molecule has 3 N–H and O–H groups in total. The van der Waals surface area contributed by atoms with Gasteiger partial charge in [0.2, 0.25) is 5.56 Å². The second kappa shape index (κ2) is 4.13. The van der Waals surface area contributed by atoms with Crippen LogP contribution in [0.1, 0.15) is 10.4 Å². The number of carboxylic acid groups (broad SMARTS) is 1. The topological polar surface area (TPSA) is 85.9 Å². The summed E-state index contributed by atoms with van der Waals surface area (Å²) in [5.41, 5.74) is 2.20. The van der Waals surface area contributed by atoms with Gasteiger partial charge >= 0.3 is 5.97 Å². The molecule has 0 atom stereocenters. The summed E-state index contributed by atoms with van der Waals surface area (Å²) in [5.74, 6) is -0.966. The largest absolute Gasteiger partial charge is 0.478 e. The fourth-order valence-electron chi connectivity index (χ4n) is 2.01. The first-order valence-corrected chi connectivity index (χ1v) is 5.69. The van der Waals surface area contributed by atoms with Gasteiger partial charge in [0.15, 0.2) is 0 Å². The molecule has 0 spiro atoms. The summed E-state index contributed by atoms with van der Waals surface area (Å²) in [6, 6.07) is 11.7. The van der Waals surface area contributed by atoms with E-state index < -0.39 is 5.97 Å². The maximum absolute atomic E-state index is 11.2. The van der Waals surface area contributed by atoms with E-state index >= 15 is 0 Å². The normalized spacial score (nSPS) is 10.7. The van der Waals surface area contributed by atoms with E-state index in [9.17, 15) is 9.59 Å². The molecule has 5 heteroatoms. The Balaban J connectivity index is 2.16. The maximum Gasteiger partial charge on any atom is 0.335 e. The quantitative estimate of drug-likeness (QED) is 0.655. The van der Waals surface area contributed by atoms with E-state index in [0.717, 1.165) is 16.6 Å². The zero-order valence-corrected chi connectivity index (χ0v) is 9.81. The third kappa shape index (κ3) is 2.01. The number of aromatic nitrogens is 2. The van der Waals surface area contributed by atoms with Crippen molar-refractivity contribution in [3.05, 3.63) is 58.4 Å². The molecule has 1 aromatic carbocycles. The Hall–Kier alpha value is -2.82. The van der Waals surface area contributed by atoms with Crippen molar-refractivity contribution in [3.8, 4) is 11.3 Å². The lowest BCUT2D eigenvalue weighted by Crippen LogP contribution is -2.01. The number of hydrogen-bond donors (Lipinski definition) is 3. The summed E-state index contributed by atoms with van der Waals surface area (Å²) in [4.78, 5) is 27.9. The molecule has 2 aromatic heterocycles. The van der Waals surface area contributed by atoms with Crippen molar-refractivity contribution in [1.29, 1.82) is 0 Å². The summed E-state index contributed by atoms with van der Waals surface area (Å²) in [5, 5.41) is 9.85. The van der Waals surface area contributed by atoms with Crippen molar-refractivity contribution in [2.75, 3.05) is 0 Å². The molecule has 0 bridgehead atoms. The molecule has 3 rings (SSSR count). The first kappa shape index (κ1) is 11.3. The van der Waals surface area contributed by atoms with E-state index in [4.69, 9.17) is 5.11 Å². The number of aromatic amines is 2. The van der Waals surface area contributed by atoms with E-state index in [2.05, 4.69) is 9.97 Å². The molecule has 0 saturated heterocycles. The highest BCUT2D eigenvalue weighted by Crippen LogP contribution is 2.23. The number of fused-ring (bicyclic) bond motifs is 1. The first-order valence-electron chi connectivity index (χ1n) is 5.69. The van der Waals surface area contributed by atoms with Crippen LogP contribution >= 0.6 is 0 Å². The van der Waals surface area contributed by atoms with Gasteiger partial charge in [-0.15, -0.1) is 0 Å². The number of rotatable bonds is 2. The van der Waals surface area contributed by atoms with Crippen LogP contribution in [0, 0.1) is 0 Å². The summed E-state index contributed by atoms with van der Waals surface area (Å²) < 4.78 is 0. The van der Waals surface area contributed by atoms with Crippen LogP contribution < -0.4 is 5.56 Å². The molecule has 0 saturated carbocycles. The average Bonchev–Trinajstić information content (AvgIpc) is 2.81. The highest BCUT2D eigenvalue weighted by atomic mass is 16.4. The van der Waals surface area contributed by atoms with Gasteiger partial charge in [-0.05, 0) is 29.8 Å². The number of benzene rings is 1. The second-order valence-electron chi connectivity index (χ2n) is 4.22. The van der Waals surface area contributed by atoms with Gasteiger partial charge in [0.1, 0.15) is 5.65 Å². The Labute approximate surface area is 107 Å². The van der Waals surface area contributed by atoms with E-state index in [0.29, 0.717) is 5.65 Å². The number of nitrogens with one attached hydrogen (secondary N) is 2. The average molecular weight is 254 g/mol. The maximum atomic E-state index is 11.2. The Morgan fingerprint density at radius 1 is 1.05 bits per heavy atom. The van der Waals surface area contributed by atoms with Crippen molar-refractivity contribution in [3.63, 3.8) is 0 Å². The number of carbonyl (C=O) groups is 1. The van der Waals surface area contributed by atoms with Crippen molar-refractivity contribution in [1.82, 2.24) is 9.97 Å². The SMILES string of the molecule is O=C(O)c1cccc(-c2cc3ccc(=O)[nH]c3[nH]2)c1. The fraction of sp³-hybridized carbons (Fsp3) is 0. The highest BCUT2D eigenvalue weighted by molar-refractivity contribution is 5.90. The van der Waals surface area contributed by atoms with Crippen LogP contribution in [-0.4, -0.2) is 21.0 Å². The smallest absolute Gasteiger partial charge is 0.335 e. The lowest BCUT2D eigenvalue weighted by atomic mass is 10.1. The molecule has 19 heavy (non-hydrogen) atoms. The van der Waals surface area contributed by atoms with Gasteiger partial charge in [-0.1, -0.05) is 12.1 Å². The Bertz CT molecular complexity index is 830. The van der Waals surface area contributed by atoms with Gasteiger partial charge in [0.25, 0.3) is 0 Å². The van der Waals surface area contributed by atoms with Gasteiger partial charge in [0, 0.05) is 17.1 Å². The predicted molar refractivity (Wildman–Crippen MR) is 71.3 cm³/mol. The molecule has 94 valence electrons. The lowest BCUT2D eigenvalue weighted by molar-refractivity contribution is 0.0697. The molecule has 2 heterocycles. The van der Waals surface area contributed by atoms with Crippen LogP contribution in [0.3, 0.4) is 0 Å². The number of pyridine rings is 1. The standard InChI is InChI=1S/C14H10N2O3/c17-12-5-4-9-7-11(15-13(9)16-12)8-2-1-3-10(6-8)14(18)19/h1-7H,(H,18,19)(H2,15,16,17). The van der Waals surface area contributed by atoms with Crippen LogP contribution in [-0.2, 0) is 0 Å². The highest BCUT2D eigenvalue weighted by Gasteiger charge is 2.07. The summed E-state index contributed by atoms with van der Waals surface area (Å²) in [6.07, 6.45) is 0. The van der Waals surface area contributed by atoms with E-state index in [1.54, 1.807) is 18.2 Å². The van der Waals surface area contributed by atoms with E-state index in [-0.39, 0.29) is 11.1 Å². The van der Waals surface area contributed by atoms with Crippen LogP contribution in [0.2, 0.25) is 0 Å². The summed E-state index contributed by atoms with van der Waals surface area (Å²) in [7, 11) is 0. The third-order valence-corrected chi connectivity index (χ3v) is 2.93. The Kier molecular flexibility index (Phi) is 2.45. The molecule has 0 radical (unpaired) electrons. The van der Waals surface area contributed by atoms with Crippen LogP contribution in [0.15, 0.2) is 47.3 Å². The Morgan fingerprint density at radius 3 is 2.68 bits per heavy atom. The molecule has 0 aliphatic rings. The minimum Gasteiger partial charge on any atom is -0.478 e. The number of aromatic carboxylic acids is 1. The molecular weight excluding hydrogens is 244 g/mol. The molecule has 5 nitrogen and oxygen atoms in total. The van der Waals surface area contributed by atoms with Gasteiger partial charge in [-0.3, -0.25) is 4.79 Å². The van der Waals surface area contributed by atoms with Crippen LogP contribution in [0.5, 0.6) is 0 Å². The van der Waals surface area contributed by atoms with Gasteiger partial charge in [-0.25, -0.2) is 4.79 Å². The monoisotopic (exact) mass is 254 g/mol. The number of carboxylic acids is 1. The summed E-state index contributed by atoms with van der Waals surface area (Å²) in [6.45, 7) is 0. The molecule has 0 unspecified atom stereocenters. The van der Waals surface area contributed by atoms with Crippen molar-refractivity contribution in [2.45, 2.75) is 0 Å². The van der Waals surface area contributed by atoms with E-state index in [1.807, 2.05) is 12.1 Å². The van der Waals surface area contributed by atoms with Gasteiger partial charge in [-0.2, -0.15) is 0 Å². The number of hydrogen-bond acceptors (Lipinski definition) is 2. The minimum absolute atomic E-state index is 0.180. The second-order valence-corrected chi connectivity index (χ2v) is 4.22. The molecule has 0 aliphatic carbocycles. The van der Waals surface area contributed by atoms with E-state index in [1.165, 1.54) is 12.1 Å². The number of H-pyrrole nitrogens is 2. The summed E-state index contributed by atoms with van der Waals surface area (Å²) >= 11 is 0. The zero-order valence-electron chi connectivity index (χ0n) is 9.81. The lowest BCUT2D eigenvalue weighted by Gasteiger charge is -1.99. The van der Waals surface area contributed by atoms with Crippen LogP contribution in [0.4, 0.5) is 0 Å². The van der Waals surface area contributed by atoms with Gasteiger partial charge < -0.3 is 15.1 Å². The molecule has 0 fully saturated rings. The molecule has 3 aromatic rings. The fourth-order valence-corrected chi connectivity index (χ4v) is 2.01. The van der Waals surface area contributed by atoms with Crippen molar-refractivity contribution in [2.24, 2.45) is 0 Å². The molecular formula is C14H10N2O3. The predicted octanol–water partition coefficient (Wildman–Crippen LogP) is 2.22. The van der Waals surface area contributed by atoms with Crippen LogP contribution in [0.25, 0.3) is 22.3 Å².